The second kappa shape index (κ2) is 2.66. The summed E-state index contributed by atoms with van der Waals surface area (Å²) in [6, 6.07) is 0. The SMILES string of the molecule is C=C(C)C(=O)OC1(N)CCC1. The minimum Gasteiger partial charge on any atom is -0.441 e. The summed E-state index contributed by atoms with van der Waals surface area (Å²) in [7, 11) is 0. The van der Waals surface area contributed by atoms with E-state index in [0.717, 1.165) is 19.3 Å². The quantitative estimate of drug-likeness (QED) is 0.367. The van der Waals surface area contributed by atoms with E-state index >= 15 is 0 Å². The summed E-state index contributed by atoms with van der Waals surface area (Å²) >= 11 is 0. The van der Waals surface area contributed by atoms with Crippen molar-refractivity contribution in [3.63, 3.8) is 0 Å². The van der Waals surface area contributed by atoms with Crippen LogP contribution in [0.15, 0.2) is 12.2 Å². The van der Waals surface area contributed by atoms with Gasteiger partial charge >= 0.3 is 5.97 Å². The van der Waals surface area contributed by atoms with Gasteiger partial charge in [-0.15, -0.1) is 0 Å². The highest BCUT2D eigenvalue weighted by atomic mass is 16.6. The third kappa shape index (κ3) is 1.80. The lowest BCUT2D eigenvalue weighted by molar-refractivity contribution is -0.163. The highest BCUT2D eigenvalue weighted by Crippen LogP contribution is 2.30. The molecule has 0 saturated heterocycles. The highest BCUT2D eigenvalue weighted by molar-refractivity contribution is 5.87. The molecule has 0 radical (unpaired) electrons. The van der Waals surface area contributed by atoms with Crippen molar-refractivity contribution in [1.29, 1.82) is 0 Å². The van der Waals surface area contributed by atoms with E-state index in [0.29, 0.717) is 5.57 Å². The molecule has 0 atom stereocenters. The molecule has 2 N–H and O–H groups in total. The van der Waals surface area contributed by atoms with Gasteiger partial charge in [-0.1, -0.05) is 6.58 Å². The van der Waals surface area contributed by atoms with E-state index in [1.54, 1.807) is 6.92 Å². The van der Waals surface area contributed by atoms with Crippen LogP contribution >= 0.6 is 0 Å². The van der Waals surface area contributed by atoms with E-state index in [1.807, 2.05) is 0 Å². The van der Waals surface area contributed by atoms with Crippen LogP contribution in [-0.4, -0.2) is 11.7 Å². The largest absolute Gasteiger partial charge is 0.441 e. The van der Waals surface area contributed by atoms with Crippen molar-refractivity contribution >= 4 is 5.97 Å². The van der Waals surface area contributed by atoms with Crippen molar-refractivity contribution in [2.45, 2.75) is 31.9 Å². The van der Waals surface area contributed by atoms with Gasteiger partial charge in [-0.3, -0.25) is 5.73 Å². The lowest BCUT2D eigenvalue weighted by atomic mass is 9.89. The molecule has 0 unspecified atom stereocenters. The molecular formula is C8H13NO2. The maximum absolute atomic E-state index is 10.9. The summed E-state index contributed by atoms with van der Waals surface area (Å²) < 4.78 is 4.97. The Morgan fingerprint density at radius 2 is 2.18 bits per heavy atom. The average Bonchev–Trinajstić information content (AvgIpc) is 1.84. The molecule has 3 heteroatoms. The molecule has 0 aliphatic heterocycles. The number of carbonyl (C=O) groups is 1. The minimum absolute atomic E-state index is 0.382. The molecule has 0 aromatic heterocycles. The van der Waals surface area contributed by atoms with Gasteiger partial charge < -0.3 is 4.74 Å². The molecule has 1 fully saturated rings. The Kier molecular flexibility index (Phi) is 2.00. The number of rotatable bonds is 2. The number of esters is 1. The zero-order valence-corrected chi connectivity index (χ0v) is 6.72. The van der Waals surface area contributed by atoms with Crippen molar-refractivity contribution in [3.05, 3.63) is 12.2 Å². The van der Waals surface area contributed by atoms with Crippen LogP contribution in [0.25, 0.3) is 0 Å². The van der Waals surface area contributed by atoms with Gasteiger partial charge in [0, 0.05) is 18.4 Å². The summed E-state index contributed by atoms with van der Waals surface area (Å²) in [5, 5.41) is 0. The first kappa shape index (κ1) is 8.27. The molecule has 0 bridgehead atoms. The Labute approximate surface area is 66.2 Å². The fourth-order valence-electron chi connectivity index (χ4n) is 0.899. The molecule has 3 nitrogen and oxygen atoms in total. The Bertz CT molecular complexity index is 194. The Morgan fingerprint density at radius 1 is 1.64 bits per heavy atom. The van der Waals surface area contributed by atoms with Crippen LogP contribution in [0, 0.1) is 0 Å². The van der Waals surface area contributed by atoms with Crippen molar-refractivity contribution in [2.24, 2.45) is 5.73 Å². The third-order valence-electron chi connectivity index (χ3n) is 1.84. The number of nitrogens with two attached hydrogens (primary N) is 1. The smallest absolute Gasteiger partial charge is 0.334 e. The van der Waals surface area contributed by atoms with Crippen LogP contribution in [0.3, 0.4) is 0 Å². The van der Waals surface area contributed by atoms with Gasteiger partial charge in [-0.2, -0.15) is 0 Å². The molecule has 11 heavy (non-hydrogen) atoms. The molecule has 0 spiro atoms. The van der Waals surface area contributed by atoms with E-state index in [4.69, 9.17) is 10.5 Å². The van der Waals surface area contributed by atoms with Crippen LogP contribution in [0.5, 0.6) is 0 Å². The molecule has 62 valence electrons. The van der Waals surface area contributed by atoms with Gasteiger partial charge in [-0.05, 0) is 13.3 Å². The normalized spacial score (nSPS) is 20.2. The topological polar surface area (TPSA) is 52.3 Å². The molecule has 1 aliphatic carbocycles. The van der Waals surface area contributed by atoms with E-state index in [-0.39, 0.29) is 5.97 Å². The van der Waals surface area contributed by atoms with Gasteiger partial charge in [0.25, 0.3) is 0 Å². The molecule has 0 aromatic carbocycles. The number of hydrogen-bond donors (Lipinski definition) is 1. The molecule has 0 aromatic rings. The van der Waals surface area contributed by atoms with E-state index < -0.39 is 5.72 Å². The van der Waals surface area contributed by atoms with Crippen molar-refractivity contribution in [1.82, 2.24) is 0 Å². The number of hydrogen-bond acceptors (Lipinski definition) is 3. The van der Waals surface area contributed by atoms with Gasteiger partial charge in [0.05, 0.1) is 0 Å². The van der Waals surface area contributed by atoms with E-state index in [1.165, 1.54) is 0 Å². The molecule has 1 saturated carbocycles. The van der Waals surface area contributed by atoms with Crippen molar-refractivity contribution in [3.8, 4) is 0 Å². The van der Waals surface area contributed by atoms with Crippen LogP contribution in [-0.2, 0) is 9.53 Å². The molecule has 1 aliphatic rings. The Hall–Kier alpha value is -0.830. The summed E-state index contributed by atoms with van der Waals surface area (Å²) in [6.45, 7) is 5.08. The molecule has 0 heterocycles. The first-order valence-electron chi connectivity index (χ1n) is 3.71. The molecule has 1 rings (SSSR count). The predicted octanol–water partition coefficient (Wildman–Crippen LogP) is 0.945. The lowest BCUT2D eigenvalue weighted by Crippen LogP contribution is -2.50. The average molecular weight is 155 g/mol. The summed E-state index contributed by atoms with van der Waals surface area (Å²) in [5.41, 5.74) is 5.38. The maximum Gasteiger partial charge on any atom is 0.334 e. The lowest BCUT2D eigenvalue weighted by Gasteiger charge is -2.36. The second-order valence-corrected chi connectivity index (χ2v) is 3.09. The van der Waals surface area contributed by atoms with Crippen molar-refractivity contribution < 1.29 is 9.53 Å². The monoisotopic (exact) mass is 155 g/mol. The van der Waals surface area contributed by atoms with Crippen LogP contribution < -0.4 is 5.73 Å². The first-order chi connectivity index (χ1) is 5.03. The fourth-order valence-corrected chi connectivity index (χ4v) is 0.899. The van der Waals surface area contributed by atoms with Crippen LogP contribution in [0.4, 0.5) is 0 Å². The standard InChI is InChI=1S/C8H13NO2/c1-6(2)7(10)11-8(9)4-3-5-8/h1,3-5,9H2,2H3. The third-order valence-corrected chi connectivity index (χ3v) is 1.84. The zero-order valence-electron chi connectivity index (χ0n) is 6.72. The molecular weight excluding hydrogens is 142 g/mol. The van der Waals surface area contributed by atoms with Gasteiger partial charge in [0.2, 0.25) is 0 Å². The van der Waals surface area contributed by atoms with Crippen LogP contribution in [0.2, 0.25) is 0 Å². The van der Waals surface area contributed by atoms with Gasteiger partial charge in [-0.25, -0.2) is 4.79 Å². The zero-order chi connectivity index (χ0) is 8.48. The highest BCUT2D eigenvalue weighted by Gasteiger charge is 2.36. The second-order valence-electron chi connectivity index (χ2n) is 3.09. The maximum atomic E-state index is 10.9. The molecule has 0 amide bonds. The van der Waals surface area contributed by atoms with Crippen LogP contribution in [0.1, 0.15) is 26.2 Å². The van der Waals surface area contributed by atoms with Crippen molar-refractivity contribution in [2.75, 3.05) is 0 Å². The van der Waals surface area contributed by atoms with E-state index in [9.17, 15) is 4.79 Å². The Balaban J connectivity index is 2.41. The summed E-state index contributed by atoms with van der Waals surface area (Å²) in [4.78, 5) is 10.9. The predicted molar refractivity (Wildman–Crippen MR) is 41.7 cm³/mol. The number of ether oxygens (including phenoxy) is 1. The first-order valence-corrected chi connectivity index (χ1v) is 3.71. The van der Waals surface area contributed by atoms with Gasteiger partial charge in [0.1, 0.15) is 0 Å². The summed E-state index contributed by atoms with van der Waals surface area (Å²) in [5.74, 6) is -0.382. The van der Waals surface area contributed by atoms with Gasteiger partial charge in [0.15, 0.2) is 5.72 Å². The fraction of sp³-hybridized carbons (Fsp3) is 0.625. The Morgan fingerprint density at radius 3 is 2.45 bits per heavy atom. The minimum atomic E-state index is -0.684. The number of carbonyl (C=O) groups excluding carboxylic acids is 1. The summed E-state index contributed by atoms with van der Waals surface area (Å²) in [6.07, 6.45) is 2.58. The van der Waals surface area contributed by atoms with E-state index in [2.05, 4.69) is 6.58 Å².